The molecule has 0 amide bonds. The van der Waals surface area contributed by atoms with Gasteiger partial charge in [-0.2, -0.15) is 0 Å². The molecule has 0 spiro atoms. The highest BCUT2D eigenvalue weighted by Gasteiger charge is 2.11. The first-order valence-electron chi connectivity index (χ1n) is 6.18. The molecular formula is C14H14N4OS. The van der Waals surface area contributed by atoms with Gasteiger partial charge >= 0.3 is 0 Å². The summed E-state index contributed by atoms with van der Waals surface area (Å²) in [5, 5.41) is 0.467. The van der Waals surface area contributed by atoms with E-state index in [0.29, 0.717) is 22.4 Å². The predicted octanol–water partition coefficient (Wildman–Crippen LogP) is 2.16. The molecule has 5 nitrogen and oxygen atoms in total. The summed E-state index contributed by atoms with van der Waals surface area (Å²) in [5.41, 5.74) is 9.16. The maximum Gasteiger partial charge on any atom is 0.197 e. The third-order valence-electron chi connectivity index (χ3n) is 2.94. The number of aryl methyl sites for hydroxylation is 1. The highest BCUT2D eigenvalue weighted by atomic mass is 32.2. The number of hydrogen-bond donors (Lipinski definition) is 2. The molecule has 3 aromatic rings. The maximum absolute atomic E-state index is 12.3. The number of anilines is 1. The molecule has 0 bridgehead atoms. The molecule has 0 saturated heterocycles. The van der Waals surface area contributed by atoms with Gasteiger partial charge in [0.05, 0.1) is 33.3 Å². The lowest BCUT2D eigenvalue weighted by molar-refractivity contribution is 0.677. The summed E-state index contributed by atoms with van der Waals surface area (Å²) >= 11 is 0. The Hall–Kier alpha value is -2.21. The van der Waals surface area contributed by atoms with Gasteiger partial charge in [0, 0.05) is 0 Å². The van der Waals surface area contributed by atoms with Crippen LogP contribution in [0.1, 0.15) is 11.3 Å². The Bertz CT molecular complexity index is 797. The zero-order valence-electron chi connectivity index (χ0n) is 11.0. The molecule has 102 valence electrons. The summed E-state index contributed by atoms with van der Waals surface area (Å²) in [6.07, 6.45) is 0. The van der Waals surface area contributed by atoms with E-state index in [4.69, 9.17) is 5.73 Å². The standard InChI is InChI=1S/C14H14N4OS/c1-9-5-6-11-12(7-9)18-14(17-11)20(19)8-10-3-2-4-13(15)16-10/h2-7H,8H2,1H3,(H2,15,16)(H,17,18). The van der Waals surface area contributed by atoms with Gasteiger partial charge in [-0.15, -0.1) is 0 Å². The van der Waals surface area contributed by atoms with Gasteiger partial charge in [-0.25, -0.2) is 9.97 Å². The summed E-state index contributed by atoms with van der Waals surface area (Å²) in [5.74, 6) is 0.726. The highest BCUT2D eigenvalue weighted by molar-refractivity contribution is 7.84. The Morgan fingerprint density at radius 3 is 2.90 bits per heavy atom. The lowest BCUT2D eigenvalue weighted by atomic mass is 10.2. The summed E-state index contributed by atoms with van der Waals surface area (Å²) in [4.78, 5) is 11.6. The molecule has 0 aliphatic heterocycles. The van der Waals surface area contributed by atoms with Crippen LogP contribution in [0, 0.1) is 6.92 Å². The minimum Gasteiger partial charge on any atom is -0.384 e. The van der Waals surface area contributed by atoms with Crippen molar-refractivity contribution in [2.45, 2.75) is 17.8 Å². The smallest absolute Gasteiger partial charge is 0.197 e. The summed E-state index contributed by atoms with van der Waals surface area (Å²) in [7, 11) is -1.27. The van der Waals surface area contributed by atoms with Gasteiger partial charge in [0.15, 0.2) is 5.16 Å². The predicted molar refractivity (Wildman–Crippen MR) is 79.6 cm³/mol. The summed E-state index contributed by atoms with van der Waals surface area (Å²) in [6.45, 7) is 2.01. The third-order valence-corrected chi connectivity index (χ3v) is 4.12. The van der Waals surface area contributed by atoms with E-state index in [1.807, 2.05) is 25.1 Å². The second-order valence-electron chi connectivity index (χ2n) is 4.61. The van der Waals surface area contributed by atoms with Crippen molar-refractivity contribution in [2.24, 2.45) is 0 Å². The van der Waals surface area contributed by atoms with Crippen molar-refractivity contribution >= 4 is 27.7 Å². The first kappa shape index (κ1) is 12.8. The fourth-order valence-corrected chi connectivity index (χ4v) is 2.98. The van der Waals surface area contributed by atoms with Crippen LogP contribution in [0.2, 0.25) is 0 Å². The molecule has 20 heavy (non-hydrogen) atoms. The second-order valence-corrected chi connectivity index (χ2v) is 5.97. The number of nitrogens with one attached hydrogen (secondary N) is 1. The van der Waals surface area contributed by atoms with E-state index in [1.165, 1.54) is 0 Å². The van der Waals surface area contributed by atoms with Crippen LogP contribution in [0.3, 0.4) is 0 Å². The molecule has 3 rings (SSSR count). The number of imidazole rings is 1. The highest BCUT2D eigenvalue weighted by Crippen LogP contribution is 2.16. The van der Waals surface area contributed by atoms with E-state index < -0.39 is 10.8 Å². The number of fused-ring (bicyclic) bond motifs is 1. The van der Waals surface area contributed by atoms with Gasteiger partial charge in [0.1, 0.15) is 5.82 Å². The minimum atomic E-state index is -1.27. The summed E-state index contributed by atoms with van der Waals surface area (Å²) in [6, 6.07) is 11.2. The Labute approximate surface area is 118 Å². The van der Waals surface area contributed by atoms with Crippen LogP contribution in [0.15, 0.2) is 41.6 Å². The van der Waals surface area contributed by atoms with Crippen molar-refractivity contribution in [3.63, 3.8) is 0 Å². The van der Waals surface area contributed by atoms with Crippen molar-refractivity contribution in [3.05, 3.63) is 47.7 Å². The number of aromatic nitrogens is 3. The molecule has 2 aromatic heterocycles. The number of hydrogen-bond acceptors (Lipinski definition) is 4. The number of rotatable bonds is 3. The van der Waals surface area contributed by atoms with Crippen LogP contribution in [0.5, 0.6) is 0 Å². The lowest BCUT2D eigenvalue weighted by Crippen LogP contribution is -2.02. The van der Waals surface area contributed by atoms with Crippen molar-refractivity contribution < 1.29 is 4.21 Å². The van der Waals surface area contributed by atoms with Crippen molar-refractivity contribution in [1.29, 1.82) is 0 Å². The normalized spacial score (nSPS) is 12.7. The average molecular weight is 286 g/mol. The number of nitrogen functional groups attached to an aromatic ring is 1. The molecule has 0 fully saturated rings. The van der Waals surface area contributed by atoms with Gasteiger partial charge < -0.3 is 10.7 Å². The van der Waals surface area contributed by atoms with E-state index in [-0.39, 0.29) is 0 Å². The van der Waals surface area contributed by atoms with Gasteiger partial charge in [-0.3, -0.25) is 4.21 Å². The average Bonchev–Trinajstić information content (AvgIpc) is 2.81. The first-order valence-corrected chi connectivity index (χ1v) is 7.50. The molecule has 0 saturated carbocycles. The van der Waals surface area contributed by atoms with E-state index in [1.54, 1.807) is 18.2 Å². The maximum atomic E-state index is 12.3. The van der Waals surface area contributed by atoms with Crippen LogP contribution >= 0.6 is 0 Å². The van der Waals surface area contributed by atoms with Crippen molar-refractivity contribution in [1.82, 2.24) is 15.0 Å². The summed E-state index contributed by atoms with van der Waals surface area (Å²) < 4.78 is 12.3. The number of aromatic amines is 1. The molecule has 0 aliphatic carbocycles. The molecular weight excluding hydrogens is 272 g/mol. The zero-order chi connectivity index (χ0) is 14.1. The van der Waals surface area contributed by atoms with Gasteiger partial charge in [0.25, 0.3) is 0 Å². The fourth-order valence-electron chi connectivity index (χ4n) is 1.99. The Kier molecular flexibility index (Phi) is 3.23. The van der Waals surface area contributed by atoms with Crippen LogP contribution in [0.4, 0.5) is 5.82 Å². The fraction of sp³-hybridized carbons (Fsp3) is 0.143. The first-order chi connectivity index (χ1) is 9.61. The Balaban J connectivity index is 1.88. The molecule has 1 aromatic carbocycles. The van der Waals surface area contributed by atoms with E-state index >= 15 is 0 Å². The van der Waals surface area contributed by atoms with E-state index in [0.717, 1.165) is 16.6 Å². The van der Waals surface area contributed by atoms with Crippen LogP contribution in [0.25, 0.3) is 11.0 Å². The molecule has 0 radical (unpaired) electrons. The minimum absolute atomic E-state index is 0.295. The van der Waals surface area contributed by atoms with Gasteiger partial charge in [-0.1, -0.05) is 12.1 Å². The van der Waals surface area contributed by atoms with Crippen molar-refractivity contribution in [2.75, 3.05) is 5.73 Å². The Morgan fingerprint density at radius 2 is 2.10 bits per heavy atom. The topological polar surface area (TPSA) is 84.7 Å². The van der Waals surface area contributed by atoms with Gasteiger partial charge in [0.2, 0.25) is 0 Å². The van der Waals surface area contributed by atoms with E-state index in [2.05, 4.69) is 15.0 Å². The number of H-pyrrole nitrogens is 1. The SMILES string of the molecule is Cc1ccc2nc(S(=O)Cc3cccc(N)n3)[nH]c2c1. The number of nitrogens with two attached hydrogens (primary N) is 1. The van der Waals surface area contributed by atoms with Crippen LogP contribution in [-0.2, 0) is 16.6 Å². The van der Waals surface area contributed by atoms with Crippen LogP contribution in [-0.4, -0.2) is 19.2 Å². The van der Waals surface area contributed by atoms with Crippen LogP contribution < -0.4 is 5.73 Å². The quantitative estimate of drug-likeness (QED) is 0.772. The third kappa shape index (κ3) is 2.55. The largest absolute Gasteiger partial charge is 0.384 e. The molecule has 1 atom stereocenters. The number of pyridine rings is 1. The molecule has 2 heterocycles. The van der Waals surface area contributed by atoms with E-state index in [9.17, 15) is 4.21 Å². The Morgan fingerprint density at radius 1 is 1.25 bits per heavy atom. The van der Waals surface area contributed by atoms with Gasteiger partial charge in [-0.05, 0) is 36.8 Å². The second kappa shape index (κ2) is 5.05. The monoisotopic (exact) mass is 286 g/mol. The zero-order valence-corrected chi connectivity index (χ0v) is 11.8. The molecule has 1 unspecified atom stereocenters. The lowest BCUT2D eigenvalue weighted by Gasteiger charge is -1.99. The molecule has 3 N–H and O–H groups in total. The number of benzene rings is 1. The van der Waals surface area contributed by atoms with Crippen molar-refractivity contribution in [3.8, 4) is 0 Å². The molecule has 0 aliphatic rings. The number of nitrogens with zero attached hydrogens (tertiary/aromatic N) is 2. The molecule has 6 heteroatoms.